The van der Waals surface area contributed by atoms with Gasteiger partial charge in [-0.1, -0.05) is 17.7 Å². The first-order chi connectivity index (χ1) is 9.56. The molecule has 1 aromatic heterocycles. The fourth-order valence-electron chi connectivity index (χ4n) is 2.83. The molecule has 0 radical (unpaired) electrons. The number of aryl methyl sites for hydroxylation is 1. The van der Waals surface area contributed by atoms with Crippen LogP contribution in [0.4, 0.5) is 4.39 Å². The van der Waals surface area contributed by atoms with Gasteiger partial charge >= 0.3 is 0 Å². The van der Waals surface area contributed by atoms with Gasteiger partial charge in [-0.2, -0.15) is 0 Å². The molecule has 0 bridgehead atoms. The number of hydrogen-bond acceptors (Lipinski definition) is 1. The Morgan fingerprint density at radius 2 is 2.10 bits per heavy atom. The summed E-state index contributed by atoms with van der Waals surface area (Å²) < 4.78 is 15.3. The third kappa shape index (κ3) is 2.27. The number of benzene rings is 1. The summed E-state index contributed by atoms with van der Waals surface area (Å²) in [6, 6.07) is 6.72. The molecule has 4 heteroatoms. The highest BCUT2D eigenvalue weighted by Crippen LogP contribution is 2.26. The van der Waals surface area contributed by atoms with Crippen LogP contribution in [-0.4, -0.2) is 10.4 Å². The van der Waals surface area contributed by atoms with Crippen LogP contribution in [0.3, 0.4) is 0 Å². The van der Waals surface area contributed by atoms with Crippen molar-refractivity contribution in [2.45, 2.75) is 32.7 Å². The van der Waals surface area contributed by atoms with E-state index in [1.54, 1.807) is 12.1 Å². The maximum atomic E-state index is 13.2. The quantitative estimate of drug-likeness (QED) is 0.814. The van der Waals surface area contributed by atoms with Crippen molar-refractivity contribution in [3.05, 3.63) is 57.6 Å². The molecular weight excluding hydrogens is 277 g/mol. The smallest absolute Gasteiger partial charge is 0.164 e. The maximum Gasteiger partial charge on any atom is 0.164 e. The number of nitrogens with zero attached hydrogens (tertiary/aromatic N) is 1. The van der Waals surface area contributed by atoms with Crippen LogP contribution in [0.5, 0.6) is 0 Å². The molecule has 0 N–H and O–H groups in total. The van der Waals surface area contributed by atoms with E-state index in [-0.39, 0.29) is 10.8 Å². The molecule has 1 heterocycles. The molecule has 0 aliphatic heterocycles. The van der Waals surface area contributed by atoms with Gasteiger partial charge in [-0.05, 0) is 43.5 Å². The molecule has 2 nitrogen and oxygen atoms in total. The van der Waals surface area contributed by atoms with Gasteiger partial charge < -0.3 is 4.57 Å². The van der Waals surface area contributed by atoms with Crippen molar-refractivity contribution in [1.29, 1.82) is 0 Å². The second kappa shape index (κ2) is 5.06. The van der Waals surface area contributed by atoms with Crippen LogP contribution in [0, 0.1) is 12.7 Å². The van der Waals surface area contributed by atoms with Gasteiger partial charge in [-0.25, -0.2) is 4.39 Å². The Kier molecular flexibility index (Phi) is 3.38. The molecule has 0 unspecified atom stereocenters. The monoisotopic (exact) mass is 291 g/mol. The second-order valence-corrected chi connectivity index (χ2v) is 5.66. The Bertz CT molecular complexity index is 690. The zero-order valence-electron chi connectivity index (χ0n) is 11.2. The number of aromatic nitrogens is 1. The van der Waals surface area contributed by atoms with E-state index in [9.17, 15) is 9.18 Å². The Morgan fingerprint density at radius 1 is 1.30 bits per heavy atom. The Morgan fingerprint density at radius 3 is 2.85 bits per heavy atom. The number of carbonyl (C=O) groups is 1. The van der Waals surface area contributed by atoms with Gasteiger partial charge in [-0.3, -0.25) is 4.79 Å². The minimum Gasteiger partial charge on any atom is -0.344 e. The molecule has 1 aliphatic carbocycles. The molecule has 0 fully saturated rings. The summed E-state index contributed by atoms with van der Waals surface area (Å²) in [6.07, 6.45) is 2.46. The van der Waals surface area contributed by atoms with Crippen LogP contribution in [0.25, 0.3) is 0 Å². The van der Waals surface area contributed by atoms with Gasteiger partial charge in [0, 0.05) is 29.9 Å². The minimum absolute atomic E-state index is 0.136. The van der Waals surface area contributed by atoms with Crippen LogP contribution in [0.15, 0.2) is 24.3 Å². The number of carbonyl (C=O) groups excluding carboxylic acids is 1. The predicted octanol–water partition coefficient (Wildman–Crippen LogP) is 4.16. The van der Waals surface area contributed by atoms with E-state index >= 15 is 0 Å². The Hall–Kier alpha value is -1.61. The van der Waals surface area contributed by atoms with E-state index in [1.807, 2.05) is 13.0 Å². The van der Waals surface area contributed by atoms with Crippen LogP contribution >= 0.6 is 11.6 Å². The van der Waals surface area contributed by atoms with Gasteiger partial charge in [0.05, 0.1) is 5.02 Å². The highest BCUT2D eigenvalue weighted by Gasteiger charge is 2.22. The first kappa shape index (κ1) is 13.4. The zero-order chi connectivity index (χ0) is 14.3. The average molecular weight is 292 g/mol. The number of fused-ring (bicyclic) bond motifs is 1. The van der Waals surface area contributed by atoms with Gasteiger partial charge in [-0.15, -0.1) is 0 Å². The lowest BCUT2D eigenvalue weighted by Gasteiger charge is -2.16. The normalized spacial score (nSPS) is 14.4. The van der Waals surface area contributed by atoms with Crippen molar-refractivity contribution in [2.24, 2.45) is 0 Å². The SMILES string of the molecule is Cc1cc2c(n1Cc1ccc(F)c(Cl)c1)CCCC2=O. The lowest BCUT2D eigenvalue weighted by molar-refractivity contribution is 0.0972. The number of ketones is 1. The number of hydrogen-bond donors (Lipinski definition) is 0. The maximum absolute atomic E-state index is 13.2. The van der Waals surface area contributed by atoms with Crippen molar-refractivity contribution in [1.82, 2.24) is 4.57 Å². The number of halogens is 2. The Labute approximate surface area is 122 Å². The number of rotatable bonds is 2. The van der Waals surface area contributed by atoms with E-state index in [4.69, 9.17) is 11.6 Å². The third-order valence-electron chi connectivity index (χ3n) is 3.86. The highest BCUT2D eigenvalue weighted by atomic mass is 35.5. The average Bonchev–Trinajstić information content (AvgIpc) is 2.73. The first-order valence-corrected chi connectivity index (χ1v) is 7.10. The predicted molar refractivity (Wildman–Crippen MR) is 76.9 cm³/mol. The van der Waals surface area contributed by atoms with Gasteiger partial charge in [0.2, 0.25) is 0 Å². The van der Waals surface area contributed by atoms with Crippen LogP contribution in [-0.2, 0) is 13.0 Å². The standard InChI is InChI=1S/C16H15ClFNO/c1-10-7-12-15(3-2-4-16(12)20)19(10)9-11-5-6-14(18)13(17)8-11/h5-8H,2-4,9H2,1H3. The molecule has 20 heavy (non-hydrogen) atoms. The lowest BCUT2D eigenvalue weighted by Crippen LogP contribution is -2.14. The largest absolute Gasteiger partial charge is 0.344 e. The minimum atomic E-state index is -0.406. The summed E-state index contributed by atoms with van der Waals surface area (Å²) in [5.74, 6) is -0.179. The molecule has 0 atom stereocenters. The Balaban J connectivity index is 1.98. The molecular formula is C16H15ClFNO. The molecule has 104 valence electrons. The fraction of sp³-hybridized carbons (Fsp3) is 0.312. The summed E-state index contributed by atoms with van der Waals surface area (Å²) >= 11 is 5.82. The molecule has 0 saturated carbocycles. The third-order valence-corrected chi connectivity index (χ3v) is 4.15. The second-order valence-electron chi connectivity index (χ2n) is 5.26. The van der Waals surface area contributed by atoms with E-state index < -0.39 is 5.82 Å². The van der Waals surface area contributed by atoms with Crippen molar-refractivity contribution in [3.8, 4) is 0 Å². The molecule has 0 spiro atoms. The van der Waals surface area contributed by atoms with Crippen molar-refractivity contribution in [2.75, 3.05) is 0 Å². The molecule has 2 aromatic rings. The van der Waals surface area contributed by atoms with E-state index in [0.29, 0.717) is 13.0 Å². The summed E-state index contributed by atoms with van der Waals surface area (Å²) in [4.78, 5) is 11.9. The first-order valence-electron chi connectivity index (χ1n) is 6.72. The van der Waals surface area contributed by atoms with Crippen LogP contribution in [0.2, 0.25) is 5.02 Å². The van der Waals surface area contributed by atoms with E-state index in [2.05, 4.69) is 4.57 Å². The topological polar surface area (TPSA) is 22.0 Å². The van der Waals surface area contributed by atoms with E-state index in [0.717, 1.165) is 35.4 Å². The summed E-state index contributed by atoms with van der Waals surface area (Å²) in [6.45, 7) is 2.62. The van der Waals surface area contributed by atoms with E-state index in [1.165, 1.54) is 6.07 Å². The molecule has 0 saturated heterocycles. The summed E-state index contributed by atoms with van der Waals surface area (Å²) in [7, 11) is 0. The molecule has 3 rings (SSSR count). The summed E-state index contributed by atoms with van der Waals surface area (Å²) in [5.41, 5.74) is 3.95. The van der Waals surface area contributed by atoms with Crippen LogP contribution < -0.4 is 0 Å². The van der Waals surface area contributed by atoms with Crippen LogP contribution in [0.1, 0.15) is 40.2 Å². The molecule has 1 aromatic carbocycles. The summed E-state index contributed by atoms with van der Waals surface area (Å²) in [5, 5.41) is 0.136. The van der Waals surface area contributed by atoms with Crippen molar-refractivity contribution in [3.63, 3.8) is 0 Å². The van der Waals surface area contributed by atoms with Crippen molar-refractivity contribution >= 4 is 17.4 Å². The van der Waals surface area contributed by atoms with Gasteiger partial charge in [0.1, 0.15) is 5.82 Å². The molecule has 1 aliphatic rings. The molecule has 0 amide bonds. The fourth-order valence-corrected chi connectivity index (χ4v) is 3.03. The highest BCUT2D eigenvalue weighted by molar-refractivity contribution is 6.30. The lowest BCUT2D eigenvalue weighted by atomic mass is 9.96. The zero-order valence-corrected chi connectivity index (χ0v) is 12.0. The van der Waals surface area contributed by atoms with Gasteiger partial charge in [0.25, 0.3) is 0 Å². The van der Waals surface area contributed by atoms with Gasteiger partial charge in [0.15, 0.2) is 5.78 Å². The van der Waals surface area contributed by atoms with Crippen molar-refractivity contribution < 1.29 is 9.18 Å². The number of Topliss-reactive ketones (excluding diaryl/α,β-unsaturated/α-hetero) is 1.